The van der Waals surface area contributed by atoms with Gasteiger partial charge in [-0.2, -0.15) is 0 Å². The van der Waals surface area contributed by atoms with E-state index in [0.717, 1.165) is 23.3 Å². The van der Waals surface area contributed by atoms with E-state index in [1.807, 2.05) is 23.6 Å². The number of rotatable bonds is 4. The van der Waals surface area contributed by atoms with Crippen LogP contribution in [0.1, 0.15) is 79.4 Å². The molecule has 1 aromatic carbocycles. The predicted octanol–water partition coefficient (Wildman–Crippen LogP) is 6.56. The molecule has 2 heteroatoms. The predicted molar refractivity (Wildman–Crippen MR) is 109 cm³/mol. The number of thiophene rings is 1. The first kappa shape index (κ1) is 18.1. The van der Waals surface area contributed by atoms with E-state index in [4.69, 9.17) is 0 Å². The van der Waals surface area contributed by atoms with Crippen molar-refractivity contribution in [3.05, 3.63) is 62.9 Å². The van der Waals surface area contributed by atoms with Crippen molar-refractivity contribution >= 4 is 23.2 Å². The quantitative estimate of drug-likeness (QED) is 0.450. The van der Waals surface area contributed by atoms with Gasteiger partial charge in [0.1, 0.15) is 0 Å². The van der Waals surface area contributed by atoms with Crippen molar-refractivity contribution in [2.24, 2.45) is 0 Å². The summed E-state index contributed by atoms with van der Waals surface area (Å²) in [7, 11) is 0. The second kappa shape index (κ2) is 6.57. The summed E-state index contributed by atoms with van der Waals surface area (Å²) >= 11 is 1.65. The largest absolute Gasteiger partial charge is 0.289 e. The first-order chi connectivity index (χ1) is 11.7. The number of carbonyl (C=O) groups excluding carboxylic acids is 1. The van der Waals surface area contributed by atoms with Crippen molar-refractivity contribution in [3.8, 4) is 0 Å². The van der Waals surface area contributed by atoms with E-state index in [0.29, 0.717) is 0 Å². The molecule has 0 bridgehead atoms. The molecule has 0 spiro atoms. The van der Waals surface area contributed by atoms with Gasteiger partial charge >= 0.3 is 0 Å². The van der Waals surface area contributed by atoms with Crippen molar-refractivity contribution in [3.63, 3.8) is 0 Å². The summed E-state index contributed by atoms with van der Waals surface area (Å²) in [6.45, 7) is 11.4. The number of benzene rings is 1. The van der Waals surface area contributed by atoms with Crippen LogP contribution in [0.5, 0.6) is 0 Å². The Hall–Kier alpha value is -1.67. The van der Waals surface area contributed by atoms with Crippen LogP contribution in [0, 0.1) is 0 Å². The van der Waals surface area contributed by atoms with Crippen molar-refractivity contribution in [2.75, 3.05) is 0 Å². The molecule has 2 aromatic rings. The molecule has 0 N–H and O–H groups in total. The highest BCUT2D eigenvalue weighted by Crippen LogP contribution is 2.46. The molecule has 3 rings (SSSR count). The number of hydrogen-bond acceptors (Lipinski definition) is 2. The first-order valence-electron chi connectivity index (χ1n) is 9.18. The minimum atomic E-state index is 0.118. The van der Waals surface area contributed by atoms with Gasteiger partial charge in [-0.05, 0) is 76.4 Å². The second-order valence-electron chi connectivity index (χ2n) is 8.39. The van der Waals surface area contributed by atoms with Gasteiger partial charge in [-0.1, -0.05) is 46.8 Å². The minimum absolute atomic E-state index is 0.118. The molecular weight excluding hydrogens is 324 g/mol. The molecule has 0 fully saturated rings. The fourth-order valence-electron chi connectivity index (χ4n) is 3.81. The molecular formula is C23H28OS. The highest BCUT2D eigenvalue weighted by atomic mass is 32.1. The third kappa shape index (κ3) is 3.50. The molecule has 0 atom stereocenters. The zero-order chi connectivity index (χ0) is 18.2. The van der Waals surface area contributed by atoms with Gasteiger partial charge in [0.2, 0.25) is 0 Å². The SMILES string of the molecule is CCc1cc2c(cc1C(=O)/C=C\c1cccs1)C(C)(C)CCC2(C)C. The fourth-order valence-corrected chi connectivity index (χ4v) is 4.43. The number of ketones is 1. The zero-order valence-corrected chi connectivity index (χ0v) is 16.8. The number of aryl methyl sites for hydroxylation is 1. The van der Waals surface area contributed by atoms with Gasteiger partial charge in [0.05, 0.1) is 0 Å². The Bertz CT molecular complexity index is 807. The van der Waals surface area contributed by atoms with Crippen LogP contribution in [-0.2, 0) is 17.3 Å². The molecule has 1 aliphatic carbocycles. The summed E-state index contributed by atoms with van der Waals surface area (Å²) in [5.74, 6) is 0.118. The van der Waals surface area contributed by atoms with Gasteiger partial charge < -0.3 is 0 Å². The van der Waals surface area contributed by atoms with Crippen LogP contribution >= 0.6 is 11.3 Å². The average molecular weight is 353 g/mol. The van der Waals surface area contributed by atoms with E-state index < -0.39 is 0 Å². The summed E-state index contributed by atoms with van der Waals surface area (Å²) in [6, 6.07) is 8.54. The standard InChI is InChI=1S/C23H28OS/c1-6-16-14-19-20(23(4,5)12-11-22(19,2)3)15-18(16)21(24)10-9-17-8-7-13-25-17/h7-10,13-15H,6,11-12H2,1-5H3/b10-9-. The number of fused-ring (bicyclic) bond motifs is 1. The van der Waals surface area contributed by atoms with Crippen LogP contribution in [0.15, 0.2) is 35.7 Å². The average Bonchev–Trinajstić information content (AvgIpc) is 3.09. The Morgan fingerprint density at radius 3 is 2.32 bits per heavy atom. The zero-order valence-electron chi connectivity index (χ0n) is 16.0. The first-order valence-corrected chi connectivity index (χ1v) is 10.1. The molecule has 132 valence electrons. The van der Waals surface area contributed by atoms with E-state index in [1.165, 1.54) is 23.1 Å². The lowest BCUT2D eigenvalue weighted by atomic mass is 9.62. The molecule has 0 aliphatic heterocycles. The summed E-state index contributed by atoms with van der Waals surface area (Å²) in [4.78, 5) is 14.0. The third-order valence-corrected chi connectivity index (χ3v) is 6.50. The lowest BCUT2D eigenvalue weighted by molar-refractivity contribution is 0.104. The summed E-state index contributed by atoms with van der Waals surface area (Å²) in [6.07, 6.45) is 6.91. The molecule has 0 unspecified atom stereocenters. The van der Waals surface area contributed by atoms with E-state index in [1.54, 1.807) is 17.4 Å². The Morgan fingerprint density at radius 2 is 1.76 bits per heavy atom. The third-order valence-electron chi connectivity index (χ3n) is 5.67. The van der Waals surface area contributed by atoms with Crippen LogP contribution in [0.3, 0.4) is 0 Å². The molecule has 1 nitrogen and oxygen atoms in total. The van der Waals surface area contributed by atoms with Gasteiger partial charge in [0.15, 0.2) is 5.78 Å². The van der Waals surface area contributed by atoms with E-state index in [-0.39, 0.29) is 16.6 Å². The van der Waals surface area contributed by atoms with Crippen LogP contribution in [0.2, 0.25) is 0 Å². The second-order valence-corrected chi connectivity index (χ2v) is 9.37. The molecule has 1 aliphatic rings. The maximum absolute atomic E-state index is 12.9. The molecule has 0 radical (unpaired) electrons. The maximum Gasteiger partial charge on any atom is 0.186 e. The Balaban J connectivity index is 2.07. The highest BCUT2D eigenvalue weighted by Gasteiger charge is 2.37. The minimum Gasteiger partial charge on any atom is -0.289 e. The molecule has 0 saturated carbocycles. The molecule has 1 aromatic heterocycles. The lowest BCUT2D eigenvalue weighted by Gasteiger charge is -2.42. The smallest absolute Gasteiger partial charge is 0.186 e. The van der Waals surface area contributed by atoms with Crippen LogP contribution in [0.4, 0.5) is 0 Å². The fraction of sp³-hybridized carbons (Fsp3) is 0.435. The summed E-state index contributed by atoms with van der Waals surface area (Å²) in [5, 5.41) is 2.03. The van der Waals surface area contributed by atoms with Crippen LogP contribution in [0.25, 0.3) is 6.08 Å². The Labute approximate surface area is 155 Å². The van der Waals surface area contributed by atoms with Crippen molar-refractivity contribution in [1.82, 2.24) is 0 Å². The molecule has 0 saturated heterocycles. The number of allylic oxidation sites excluding steroid dienone is 1. The van der Waals surface area contributed by atoms with E-state index in [9.17, 15) is 4.79 Å². The van der Waals surface area contributed by atoms with Crippen molar-refractivity contribution in [1.29, 1.82) is 0 Å². The highest BCUT2D eigenvalue weighted by molar-refractivity contribution is 7.10. The van der Waals surface area contributed by atoms with E-state index >= 15 is 0 Å². The molecule has 1 heterocycles. The Morgan fingerprint density at radius 1 is 1.12 bits per heavy atom. The van der Waals surface area contributed by atoms with Crippen LogP contribution in [-0.4, -0.2) is 5.78 Å². The topological polar surface area (TPSA) is 17.1 Å². The summed E-state index contributed by atoms with van der Waals surface area (Å²) in [5.41, 5.74) is 5.14. The Kier molecular flexibility index (Phi) is 4.76. The monoisotopic (exact) mass is 352 g/mol. The van der Waals surface area contributed by atoms with Crippen molar-refractivity contribution < 1.29 is 4.79 Å². The van der Waals surface area contributed by atoms with Crippen LogP contribution < -0.4 is 0 Å². The molecule has 25 heavy (non-hydrogen) atoms. The van der Waals surface area contributed by atoms with Crippen molar-refractivity contribution in [2.45, 2.75) is 64.7 Å². The van der Waals surface area contributed by atoms with Gasteiger partial charge in [-0.25, -0.2) is 0 Å². The molecule has 0 amide bonds. The normalized spacial score (nSPS) is 18.3. The van der Waals surface area contributed by atoms with Gasteiger partial charge in [0, 0.05) is 10.4 Å². The summed E-state index contributed by atoms with van der Waals surface area (Å²) < 4.78 is 0. The van der Waals surface area contributed by atoms with Gasteiger partial charge in [-0.3, -0.25) is 4.79 Å². The number of carbonyl (C=O) groups is 1. The lowest BCUT2D eigenvalue weighted by Crippen LogP contribution is -2.34. The van der Waals surface area contributed by atoms with Gasteiger partial charge in [-0.15, -0.1) is 11.3 Å². The van der Waals surface area contributed by atoms with Gasteiger partial charge in [0.25, 0.3) is 0 Å². The van der Waals surface area contributed by atoms with E-state index in [2.05, 4.69) is 46.8 Å². The maximum atomic E-state index is 12.9. The number of hydrogen-bond donors (Lipinski definition) is 0.